The Morgan fingerprint density at radius 3 is 2.57 bits per heavy atom. The molecule has 0 saturated carbocycles. The first-order valence-corrected chi connectivity index (χ1v) is 11.6. The fourth-order valence-corrected chi connectivity index (χ4v) is 4.40. The Kier molecular flexibility index (Phi) is 5.69. The molecular weight excluding hydrogens is 476 g/mol. The molecule has 3 heterocycles. The minimum absolute atomic E-state index is 0.00409. The van der Waals surface area contributed by atoms with Crippen LogP contribution in [0.5, 0.6) is 0 Å². The van der Waals surface area contributed by atoms with Crippen LogP contribution in [0, 0.1) is 11.6 Å². The van der Waals surface area contributed by atoms with E-state index in [1.807, 2.05) is 36.4 Å². The molecule has 0 saturated heterocycles. The third kappa shape index (κ3) is 4.23. The summed E-state index contributed by atoms with van der Waals surface area (Å²) < 4.78 is 40.9. The number of hydrogen-bond donors (Lipinski definition) is 0. The van der Waals surface area contributed by atoms with Crippen molar-refractivity contribution in [3.8, 4) is 22.8 Å². The molecule has 37 heavy (non-hydrogen) atoms. The van der Waals surface area contributed by atoms with Gasteiger partial charge in [0.25, 0.3) is 0 Å². The van der Waals surface area contributed by atoms with Gasteiger partial charge in [0.2, 0.25) is 0 Å². The van der Waals surface area contributed by atoms with E-state index in [9.17, 15) is 8.78 Å². The molecule has 0 radical (unpaired) electrons. The standard InChI is InChI=1S/C28H21F2N5O2/c1-36-28(12-10-19(11-13-28)18-6-3-2-4-7-18)25-14-20(37-34-25)16-35-17-24-23(15-31-35)32-27(33-24)21-8-5-9-22(29)26(21)30/h2-15,17,19H,16H2,1H3. The Morgan fingerprint density at radius 2 is 1.78 bits per heavy atom. The maximum atomic E-state index is 14.2. The van der Waals surface area contributed by atoms with E-state index in [4.69, 9.17) is 9.26 Å². The molecule has 9 heteroatoms. The van der Waals surface area contributed by atoms with E-state index in [2.05, 4.69) is 44.5 Å². The second-order valence-electron chi connectivity index (χ2n) is 8.72. The van der Waals surface area contributed by atoms with Gasteiger partial charge in [-0.1, -0.05) is 53.7 Å². The summed E-state index contributed by atoms with van der Waals surface area (Å²) in [5.74, 6) is -1.13. The summed E-state index contributed by atoms with van der Waals surface area (Å²) in [5, 5.41) is 8.60. The van der Waals surface area contributed by atoms with Crippen LogP contribution in [0.3, 0.4) is 0 Å². The molecule has 3 aliphatic rings. The molecule has 2 aliphatic heterocycles. The van der Waals surface area contributed by atoms with Crippen molar-refractivity contribution in [3.05, 3.63) is 120 Å². The zero-order chi connectivity index (χ0) is 25.4. The Bertz CT molecular complexity index is 1580. The van der Waals surface area contributed by atoms with E-state index < -0.39 is 17.2 Å². The fourth-order valence-electron chi connectivity index (χ4n) is 4.40. The topological polar surface area (TPSA) is 78.9 Å². The monoisotopic (exact) mass is 497 g/mol. The highest BCUT2D eigenvalue weighted by Crippen LogP contribution is 2.35. The summed E-state index contributed by atoms with van der Waals surface area (Å²) in [7, 11) is 1.63. The lowest BCUT2D eigenvalue weighted by molar-refractivity contribution is 0.0640. The van der Waals surface area contributed by atoms with Crippen molar-refractivity contribution >= 4 is 0 Å². The lowest BCUT2D eigenvalue weighted by Gasteiger charge is -2.27. The number of benzene rings is 2. The quantitative estimate of drug-likeness (QED) is 0.288. The van der Waals surface area contributed by atoms with Crippen LogP contribution in [0.4, 0.5) is 8.78 Å². The van der Waals surface area contributed by atoms with Crippen LogP contribution in [0.25, 0.3) is 22.8 Å². The SMILES string of the molecule is COC1(c2cc(Cn3cc4nc(-c5cccc(F)c5F)nc-4cn3)on2)C=CC(c2ccccc2)C=C1. The first kappa shape index (κ1) is 22.9. The van der Waals surface area contributed by atoms with Gasteiger partial charge >= 0.3 is 0 Å². The Labute approximate surface area is 211 Å². The fraction of sp³-hybridized carbons (Fsp3) is 0.143. The summed E-state index contributed by atoms with van der Waals surface area (Å²) in [6.45, 7) is 0.277. The van der Waals surface area contributed by atoms with Crippen LogP contribution < -0.4 is 0 Å². The van der Waals surface area contributed by atoms with Gasteiger partial charge in [0.05, 0.1) is 18.0 Å². The van der Waals surface area contributed by atoms with E-state index in [1.165, 1.54) is 23.9 Å². The highest BCUT2D eigenvalue weighted by Gasteiger charge is 2.33. The van der Waals surface area contributed by atoms with Crippen molar-refractivity contribution in [3.63, 3.8) is 0 Å². The van der Waals surface area contributed by atoms with E-state index in [0.717, 1.165) is 6.07 Å². The molecule has 0 atom stereocenters. The summed E-state index contributed by atoms with van der Waals surface area (Å²) in [6, 6.07) is 15.9. The predicted octanol–water partition coefficient (Wildman–Crippen LogP) is 5.51. The molecule has 0 N–H and O–H groups in total. The van der Waals surface area contributed by atoms with Crippen LogP contribution >= 0.6 is 0 Å². The predicted molar refractivity (Wildman–Crippen MR) is 132 cm³/mol. The van der Waals surface area contributed by atoms with Crippen LogP contribution in [-0.4, -0.2) is 32.0 Å². The number of fused-ring (bicyclic) bond motifs is 1. The van der Waals surface area contributed by atoms with Crippen molar-refractivity contribution in [2.24, 2.45) is 0 Å². The summed E-state index contributed by atoms with van der Waals surface area (Å²) in [5.41, 5.74) is 1.93. The maximum absolute atomic E-state index is 14.2. The average molecular weight is 498 g/mol. The zero-order valence-corrected chi connectivity index (χ0v) is 19.8. The number of aromatic nitrogens is 5. The number of nitrogens with zero attached hydrogens (tertiary/aromatic N) is 5. The molecule has 0 unspecified atom stereocenters. The van der Waals surface area contributed by atoms with Crippen LogP contribution in [0.1, 0.15) is 22.9 Å². The Balaban J connectivity index is 1.23. The number of halogens is 2. The van der Waals surface area contributed by atoms with Gasteiger partial charge in [-0.2, -0.15) is 5.10 Å². The number of rotatable bonds is 6. The van der Waals surface area contributed by atoms with E-state index >= 15 is 0 Å². The molecule has 3 aromatic rings. The summed E-state index contributed by atoms with van der Waals surface area (Å²) in [6.07, 6.45) is 11.3. The molecule has 0 spiro atoms. The summed E-state index contributed by atoms with van der Waals surface area (Å²) in [4.78, 5) is 8.64. The lowest BCUT2D eigenvalue weighted by Crippen LogP contribution is -2.26. The minimum Gasteiger partial charge on any atom is -0.364 e. The first-order chi connectivity index (χ1) is 18.0. The van der Waals surface area contributed by atoms with Crippen molar-refractivity contribution < 1.29 is 18.0 Å². The molecule has 0 fully saturated rings. The zero-order valence-electron chi connectivity index (χ0n) is 19.8. The second kappa shape index (κ2) is 9.18. The van der Waals surface area contributed by atoms with Gasteiger partial charge in [-0.25, -0.2) is 18.7 Å². The van der Waals surface area contributed by atoms with Gasteiger partial charge in [-0.15, -0.1) is 0 Å². The molecule has 0 bridgehead atoms. The normalized spacial score (nSPS) is 19.1. The molecule has 0 amide bonds. The Morgan fingerprint density at radius 1 is 1.00 bits per heavy atom. The lowest BCUT2D eigenvalue weighted by atomic mass is 9.86. The third-order valence-electron chi connectivity index (χ3n) is 6.41. The van der Waals surface area contributed by atoms with Gasteiger partial charge in [0.1, 0.15) is 29.2 Å². The smallest absolute Gasteiger partial charge is 0.169 e. The van der Waals surface area contributed by atoms with Crippen molar-refractivity contribution in [1.82, 2.24) is 24.9 Å². The molecule has 6 rings (SSSR count). The number of allylic oxidation sites excluding steroid dienone is 2. The second-order valence-corrected chi connectivity index (χ2v) is 8.72. The number of methoxy groups -OCH3 is 1. The molecule has 1 aliphatic carbocycles. The first-order valence-electron chi connectivity index (χ1n) is 11.6. The van der Waals surface area contributed by atoms with Crippen molar-refractivity contribution in [1.29, 1.82) is 0 Å². The van der Waals surface area contributed by atoms with E-state index in [1.54, 1.807) is 18.0 Å². The third-order valence-corrected chi connectivity index (χ3v) is 6.41. The summed E-state index contributed by atoms with van der Waals surface area (Å²) >= 11 is 0. The highest BCUT2D eigenvalue weighted by molar-refractivity contribution is 5.65. The molecule has 184 valence electrons. The van der Waals surface area contributed by atoms with E-state index in [-0.39, 0.29) is 23.9 Å². The maximum Gasteiger partial charge on any atom is 0.169 e. The minimum atomic E-state index is -0.985. The van der Waals surface area contributed by atoms with E-state index in [0.29, 0.717) is 22.8 Å². The molecule has 1 aromatic heterocycles. The van der Waals surface area contributed by atoms with Gasteiger partial charge < -0.3 is 9.26 Å². The van der Waals surface area contributed by atoms with Crippen molar-refractivity contribution in [2.45, 2.75) is 18.1 Å². The van der Waals surface area contributed by atoms with Crippen LogP contribution in [0.15, 0.2) is 95.8 Å². The number of imidazole rings is 1. The van der Waals surface area contributed by atoms with Crippen LogP contribution in [0.2, 0.25) is 0 Å². The average Bonchev–Trinajstić information content (AvgIpc) is 3.58. The van der Waals surface area contributed by atoms with Gasteiger partial charge in [-0.3, -0.25) is 4.68 Å². The van der Waals surface area contributed by atoms with Crippen molar-refractivity contribution in [2.75, 3.05) is 7.11 Å². The molecule has 2 aromatic carbocycles. The van der Waals surface area contributed by atoms with Gasteiger partial charge in [0.15, 0.2) is 23.2 Å². The number of ether oxygens (including phenoxy) is 1. The van der Waals surface area contributed by atoms with Crippen LogP contribution in [-0.2, 0) is 16.9 Å². The largest absolute Gasteiger partial charge is 0.364 e. The van der Waals surface area contributed by atoms with Gasteiger partial charge in [0, 0.05) is 19.1 Å². The highest BCUT2D eigenvalue weighted by atomic mass is 19.2. The molecular formula is C28H21F2N5O2. The Hall–Kier alpha value is -4.50. The number of hydrogen-bond acceptors (Lipinski definition) is 6. The van der Waals surface area contributed by atoms with Gasteiger partial charge in [-0.05, 0) is 29.8 Å². The molecule has 7 nitrogen and oxygen atoms in total.